The molecule has 0 bridgehead atoms. The second-order valence-electron chi connectivity index (χ2n) is 3.44. The quantitative estimate of drug-likeness (QED) is 0.691. The minimum Gasteiger partial charge on any atom is -0.383 e. The fraction of sp³-hybridized carbons (Fsp3) is 0.417. The molecular weight excluding hydrogens is 204 g/mol. The molecule has 0 spiro atoms. The molecule has 0 atom stereocenters. The van der Waals surface area contributed by atoms with Crippen molar-refractivity contribution in [3.05, 3.63) is 35.4 Å². The van der Waals surface area contributed by atoms with Crippen molar-refractivity contribution >= 4 is 5.91 Å². The summed E-state index contributed by atoms with van der Waals surface area (Å²) in [7, 11) is 1.61. The van der Waals surface area contributed by atoms with Gasteiger partial charge in [0, 0.05) is 19.2 Å². The van der Waals surface area contributed by atoms with Crippen molar-refractivity contribution < 1.29 is 9.53 Å². The number of nitrogens with one attached hydrogen (secondary N) is 1. The SMILES string of the molecule is COCCNC(=O)c1ccccc1CCN. The molecule has 0 aromatic heterocycles. The molecule has 1 rings (SSSR count). The molecule has 1 aromatic carbocycles. The Kier molecular flexibility index (Phi) is 5.53. The first kappa shape index (κ1) is 12.7. The molecule has 1 aromatic rings. The van der Waals surface area contributed by atoms with Crippen LogP contribution in [0.1, 0.15) is 15.9 Å². The topological polar surface area (TPSA) is 64.3 Å². The number of hydrogen-bond donors (Lipinski definition) is 2. The molecule has 1 amide bonds. The maximum Gasteiger partial charge on any atom is 0.251 e. The van der Waals surface area contributed by atoms with Gasteiger partial charge in [0.1, 0.15) is 0 Å². The number of benzene rings is 1. The van der Waals surface area contributed by atoms with Crippen LogP contribution < -0.4 is 11.1 Å². The number of carbonyl (C=O) groups excluding carboxylic acids is 1. The number of amides is 1. The molecule has 88 valence electrons. The number of ether oxygens (including phenoxy) is 1. The Balaban J connectivity index is 2.66. The minimum atomic E-state index is -0.0684. The van der Waals surface area contributed by atoms with Gasteiger partial charge in [0.25, 0.3) is 5.91 Å². The Bertz CT molecular complexity index is 340. The van der Waals surface area contributed by atoms with Crippen LogP contribution in [0.25, 0.3) is 0 Å². The molecule has 16 heavy (non-hydrogen) atoms. The molecule has 0 aliphatic heterocycles. The predicted molar refractivity (Wildman–Crippen MR) is 63.4 cm³/mol. The molecule has 4 heteroatoms. The average Bonchev–Trinajstić information content (AvgIpc) is 2.30. The van der Waals surface area contributed by atoms with Crippen LogP contribution in [0, 0.1) is 0 Å². The lowest BCUT2D eigenvalue weighted by molar-refractivity contribution is 0.0936. The molecule has 0 saturated heterocycles. The van der Waals surface area contributed by atoms with Gasteiger partial charge in [-0.2, -0.15) is 0 Å². The monoisotopic (exact) mass is 222 g/mol. The standard InChI is InChI=1S/C12H18N2O2/c1-16-9-8-14-12(15)11-5-3-2-4-10(11)6-7-13/h2-5H,6-9,13H2,1H3,(H,14,15). The second kappa shape index (κ2) is 6.98. The summed E-state index contributed by atoms with van der Waals surface area (Å²) in [5, 5.41) is 2.79. The zero-order valence-electron chi connectivity index (χ0n) is 9.53. The van der Waals surface area contributed by atoms with E-state index >= 15 is 0 Å². The second-order valence-corrected chi connectivity index (χ2v) is 3.44. The summed E-state index contributed by atoms with van der Waals surface area (Å²) >= 11 is 0. The average molecular weight is 222 g/mol. The molecule has 0 fully saturated rings. The van der Waals surface area contributed by atoms with E-state index in [1.807, 2.05) is 24.3 Å². The number of methoxy groups -OCH3 is 1. The van der Waals surface area contributed by atoms with Crippen LogP contribution >= 0.6 is 0 Å². The van der Waals surface area contributed by atoms with Crippen LogP contribution in [0.4, 0.5) is 0 Å². The lowest BCUT2D eigenvalue weighted by Crippen LogP contribution is -2.28. The lowest BCUT2D eigenvalue weighted by atomic mass is 10.0. The van der Waals surface area contributed by atoms with Crippen LogP contribution in [0.5, 0.6) is 0 Å². The Hall–Kier alpha value is -1.39. The number of nitrogens with two attached hydrogens (primary N) is 1. The Morgan fingerprint density at radius 2 is 2.19 bits per heavy atom. The molecule has 0 saturated carbocycles. The van der Waals surface area contributed by atoms with E-state index in [-0.39, 0.29) is 5.91 Å². The van der Waals surface area contributed by atoms with Crippen molar-refractivity contribution in [1.29, 1.82) is 0 Å². The third-order valence-electron chi connectivity index (χ3n) is 2.27. The zero-order chi connectivity index (χ0) is 11.8. The molecule has 4 nitrogen and oxygen atoms in total. The van der Waals surface area contributed by atoms with E-state index in [0.717, 1.165) is 5.56 Å². The maximum atomic E-state index is 11.8. The van der Waals surface area contributed by atoms with Crippen LogP contribution in [-0.2, 0) is 11.2 Å². The van der Waals surface area contributed by atoms with E-state index in [1.54, 1.807) is 7.11 Å². The van der Waals surface area contributed by atoms with Gasteiger partial charge in [-0.1, -0.05) is 18.2 Å². The summed E-state index contributed by atoms with van der Waals surface area (Å²) < 4.78 is 4.87. The van der Waals surface area contributed by atoms with Gasteiger partial charge < -0.3 is 15.8 Å². The number of rotatable bonds is 6. The highest BCUT2D eigenvalue weighted by Gasteiger charge is 2.08. The zero-order valence-corrected chi connectivity index (χ0v) is 9.53. The molecule has 0 aliphatic carbocycles. The molecule has 0 unspecified atom stereocenters. The number of carbonyl (C=O) groups is 1. The Morgan fingerprint density at radius 1 is 1.44 bits per heavy atom. The predicted octanol–water partition coefficient (Wildman–Crippen LogP) is 0.564. The third-order valence-corrected chi connectivity index (χ3v) is 2.27. The lowest BCUT2D eigenvalue weighted by Gasteiger charge is -2.08. The normalized spacial score (nSPS) is 10.1. The summed E-state index contributed by atoms with van der Waals surface area (Å²) in [6.07, 6.45) is 0.716. The first-order valence-electron chi connectivity index (χ1n) is 5.34. The van der Waals surface area contributed by atoms with Crippen LogP contribution in [0.15, 0.2) is 24.3 Å². The van der Waals surface area contributed by atoms with E-state index < -0.39 is 0 Å². The van der Waals surface area contributed by atoms with Crippen LogP contribution in [0.2, 0.25) is 0 Å². The van der Waals surface area contributed by atoms with Crippen molar-refractivity contribution in [2.75, 3.05) is 26.8 Å². The van der Waals surface area contributed by atoms with Crippen molar-refractivity contribution in [2.24, 2.45) is 5.73 Å². The largest absolute Gasteiger partial charge is 0.383 e. The Labute approximate surface area is 95.8 Å². The molecular formula is C12H18N2O2. The van der Waals surface area contributed by atoms with Gasteiger partial charge in [0.2, 0.25) is 0 Å². The van der Waals surface area contributed by atoms with E-state index in [4.69, 9.17) is 10.5 Å². The van der Waals surface area contributed by atoms with Gasteiger partial charge in [-0.3, -0.25) is 4.79 Å². The van der Waals surface area contributed by atoms with Crippen LogP contribution in [0.3, 0.4) is 0 Å². The highest BCUT2D eigenvalue weighted by molar-refractivity contribution is 5.95. The van der Waals surface area contributed by atoms with Gasteiger partial charge in [0.15, 0.2) is 0 Å². The molecule has 3 N–H and O–H groups in total. The van der Waals surface area contributed by atoms with Gasteiger partial charge in [-0.05, 0) is 24.6 Å². The first-order chi connectivity index (χ1) is 7.79. The van der Waals surface area contributed by atoms with Crippen molar-refractivity contribution in [3.63, 3.8) is 0 Å². The summed E-state index contributed by atoms with van der Waals surface area (Å²) in [6.45, 7) is 1.58. The first-order valence-corrected chi connectivity index (χ1v) is 5.34. The van der Waals surface area contributed by atoms with Crippen LogP contribution in [-0.4, -0.2) is 32.7 Å². The van der Waals surface area contributed by atoms with E-state index in [2.05, 4.69) is 5.32 Å². The third kappa shape index (κ3) is 3.64. The van der Waals surface area contributed by atoms with Crippen molar-refractivity contribution in [3.8, 4) is 0 Å². The highest BCUT2D eigenvalue weighted by Crippen LogP contribution is 2.08. The summed E-state index contributed by atoms with van der Waals surface area (Å²) in [5.74, 6) is -0.0684. The van der Waals surface area contributed by atoms with Crippen molar-refractivity contribution in [2.45, 2.75) is 6.42 Å². The maximum absolute atomic E-state index is 11.8. The van der Waals surface area contributed by atoms with E-state index in [0.29, 0.717) is 31.7 Å². The summed E-state index contributed by atoms with van der Waals surface area (Å²) in [6, 6.07) is 7.51. The van der Waals surface area contributed by atoms with Gasteiger partial charge >= 0.3 is 0 Å². The molecule has 0 heterocycles. The fourth-order valence-electron chi connectivity index (χ4n) is 1.48. The Morgan fingerprint density at radius 3 is 2.88 bits per heavy atom. The summed E-state index contributed by atoms with van der Waals surface area (Å²) in [5.41, 5.74) is 7.18. The minimum absolute atomic E-state index is 0.0684. The van der Waals surface area contributed by atoms with E-state index in [1.165, 1.54) is 0 Å². The summed E-state index contributed by atoms with van der Waals surface area (Å²) in [4.78, 5) is 11.8. The highest BCUT2D eigenvalue weighted by atomic mass is 16.5. The van der Waals surface area contributed by atoms with E-state index in [9.17, 15) is 4.79 Å². The fourth-order valence-corrected chi connectivity index (χ4v) is 1.48. The smallest absolute Gasteiger partial charge is 0.251 e. The van der Waals surface area contributed by atoms with Gasteiger partial charge in [-0.15, -0.1) is 0 Å². The van der Waals surface area contributed by atoms with Gasteiger partial charge in [0.05, 0.1) is 6.61 Å². The van der Waals surface area contributed by atoms with Gasteiger partial charge in [-0.25, -0.2) is 0 Å². The number of hydrogen-bond acceptors (Lipinski definition) is 3. The molecule has 0 radical (unpaired) electrons. The van der Waals surface area contributed by atoms with Crippen molar-refractivity contribution in [1.82, 2.24) is 5.32 Å². The molecule has 0 aliphatic rings.